The molecule has 2 aromatic heterocycles. The van der Waals surface area contributed by atoms with Gasteiger partial charge in [0.25, 0.3) is 5.56 Å². The summed E-state index contributed by atoms with van der Waals surface area (Å²) in [6.07, 6.45) is 1.69. The summed E-state index contributed by atoms with van der Waals surface area (Å²) >= 11 is 0. The second kappa shape index (κ2) is 7.49. The quantitative estimate of drug-likeness (QED) is 0.476. The molecular weight excluding hydrogens is 398 g/mol. The fourth-order valence-electron chi connectivity index (χ4n) is 4.19. The van der Waals surface area contributed by atoms with Crippen LogP contribution in [0.2, 0.25) is 0 Å². The molecule has 160 valence electrons. The summed E-state index contributed by atoms with van der Waals surface area (Å²) in [4.78, 5) is 20.3. The molecule has 2 aromatic carbocycles. The molecule has 1 aliphatic heterocycles. The van der Waals surface area contributed by atoms with Gasteiger partial charge in [-0.25, -0.2) is 0 Å². The Kier molecular flexibility index (Phi) is 4.77. The van der Waals surface area contributed by atoms with Crippen LogP contribution in [0.3, 0.4) is 0 Å². The largest absolute Gasteiger partial charge is 0.454 e. The van der Waals surface area contributed by atoms with Crippen LogP contribution in [0.1, 0.15) is 11.1 Å². The Morgan fingerprint density at radius 2 is 1.71 bits per heavy atom. The van der Waals surface area contributed by atoms with Crippen LogP contribution in [0.4, 0.5) is 0 Å². The summed E-state index contributed by atoms with van der Waals surface area (Å²) in [5, 5.41) is 22.4. The van der Waals surface area contributed by atoms with Crippen LogP contribution in [0.15, 0.2) is 35.3 Å². The molecule has 31 heavy (non-hydrogen) atoms. The zero-order chi connectivity index (χ0) is 21.7. The molecule has 0 saturated heterocycles. The topological polar surface area (TPSA) is 97.1 Å². The fourth-order valence-corrected chi connectivity index (χ4v) is 4.19. The predicted octanol–water partition coefficient (Wildman–Crippen LogP) is 1.98. The minimum atomic E-state index is -0.217. The third-order valence-corrected chi connectivity index (χ3v) is 5.83. The smallest absolute Gasteiger partial charge is 0.259 e. The zero-order valence-electron chi connectivity index (χ0n) is 17.4. The average molecular weight is 421 g/mol. The molecule has 5 rings (SSSR count). The Hall–Kier alpha value is -3.20. The first-order valence-corrected chi connectivity index (χ1v) is 10.1. The number of pyridine rings is 2. The van der Waals surface area contributed by atoms with Crippen molar-refractivity contribution < 1.29 is 19.7 Å². The van der Waals surface area contributed by atoms with Crippen LogP contribution in [0.5, 0.6) is 11.5 Å². The molecule has 0 radical (unpaired) electrons. The normalized spacial score (nSPS) is 13.2. The maximum absolute atomic E-state index is 13.8. The van der Waals surface area contributed by atoms with Gasteiger partial charge in [0, 0.05) is 41.5 Å². The average Bonchev–Trinajstić information content (AvgIpc) is 3.23. The highest BCUT2D eigenvalue weighted by atomic mass is 16.7. The minimum Gasteiger partial charge on any atom is -0.454 e. The number of nitrogens with zero attached hydrogens (tertiary/aromatic N) is 3. The third kappa shape index (κ3) is 3.11. The van der Waals surface area contributed by atoms with Gasteiger partial charge in [0.2, 0.25) is 6.79 Å². The number of aliphatic hydroxyl groups is 2. The molecule has 2 N–H and O–H groups in total. The Morgan fingerprint density at radius 1 is 1.00 bits per heavy atom. The lowest BCUT2D eigenvalue weighted by atomic mass is 9.99. The monoisotopic (exact) mass is 421 g/mol. The van der Waals surface area contributed by atoms with Gasteiger partial charge in [0.1, 0.15) is 0 Å². The van der Waals surface area contributed by atoms with Crippen molar-refractivity contribution in [2.24, 2.45) is 0 Å². The lowest BCUT2D eigenvalue weighted by molar-refractivity contribution is 0.174. The first-order valence-electron chi connectivity index (χ1n) is 10.1. The van der Waals surface area contributed by atoms with E-state index in [4.69, 9.17) is 9.47 Å². The van der Waals surface area contributed by atoms with E-state index in [9.17, 15) is 15.0 Å². The fraction of sp³-hybridized carbons (Fsp3) is 0.304. The molecule has 0 bridgehead atoms. The summed E-state index contributed by atoms with van der Waals surface area (Å²) in [7, 11) is 3.91. The molecule has 8 heteroatoms. The Labute approximate surface area is 177 Å². The Balaban J connectivity index is 1.93. The van der Waals surface area contributed by atoms with Gasteiger partial charge in [-0.15, -0.1) is 0 Å². The third-order valence-electron chi connectivity index (χ3n) is 5.83. The number of ether oxygens (including phenoxy) is 2. The van der Waals surface area contributed by atoms with E-state index in [0.717, 1.165) is 5.39 Å². The number of fused-ring (bicyclic) bond motifs is 6. The number of aliphatic hydroxyl groups excluding tert-OH is 2. The molecule has 0 atom stereocenters. The van der Waals surface area contributed by atoms with Crippen LogP contribution in [0, 0.1) is 0 Å². The lowest BCUT2D eigenvalue weighted by Gasteiger charge is -2.18. The van der Waals surface area contributed by atoms with E-state index < -0.39 is 0 Å². The molecular formula is C23H23N3O5. The van der Waals surface area contributed by atoms with E-state index in [1.54, 1.807) is 22.9 Å². The maximum Gasteiger partial charge on any atom is 0.259 e. The second-order valence-corrected chi connectivity index (χ2v) is 7.98. The van der Waals surface area contributed by atoms with Gasteiger partial charge in [0.05, 0.1) is 29.6 Å². The van der Waals surface area contributed by atoms with E-state index in [-0.39, 0.29) is 25.6 Å². The summed E-state index contributed by atoms with van der Waals surface area (Å²) < 4.78 is 12.7. The van der Waals surface area contributed by atoms with Gasteiger partial charge in [-0.05, 0) is 43.4 Å². The zero-order valence-corrected chi connectivity index (χ0v) is 17.4. The number of hydrogen-bond acceptors (Lipinski definition) is 7. The van der Waals surface area contributed by atoms with E-state index in [2.05, 4.69) is 4.98 Å². The van der Waals surface area contributed by atoms with E-state index >= 15 is 0 Å². The van der Waals surface area contributed by atoms with Crippen LogP contribution in [-0.2, 0) is 19.8 Å². The molecule has 0 amide bonds. The summed E-state index contributed by atoms with van der Waals surface area (Å²) in [5.74, 6) is 1.20. The van der Waals surface area contributed by atoms with Crippen molar-refractivity contribution in [1.82, 2.24) is 14.5 Å². The molecule has 0 saturated carbocycles. The summed E-state index contributed by atoms with van der Waals surface area (Å²) in [5.41, 5.74) is 2.46. The van der Waals surface area contributed by atoms with Gasteiger partial charge in [-0.3, -0.25) is 9.78 Å². The first kappa shape index (κ1) is 19.7. The van der Waals surface area contributed by atoms with Crippen molar-refractivity contribution in [1.29, 1.82) is 0 Å². The van der Waals surface area contributed by atoms with Gasteiger partial charge < -0.3 is 29.2 Å². The van der Waals surface area contributed by atoms with Gasteiger partial charge in [-0.1, -0.05) is 0 Å². The number of benzene rings is 2. The SMILES string of the molecule is CN(C)CCn1c(=O)c2c3cc4c(cc3ncc2c2cc(CO)c(CO)cc21)OCO4. The molecule has 0 aliphatic carbocycles. The van der Waals surface area contributed by atoms with Gasteiger partial charge in [0.15, 0.2) is 11.5 Å². The highest BCUT2D eigenvalue weighted by Gasteiger charge is 2.20. The van der Waals surface area contributed by atoms with Crippen molar-refractivity contribution in [2.45, 2.75) is 19.8 Å². The van der Waals surface area contributed by atoms with Crippen molar-refractivity contribution >= 4 is 32.6 Å². The second-order valence-electron chi connectivity index (χ2n) is 7.98. The van der Waals surface area contributed by atoms with Crippen LogP contribution in [-0.4, -0.2) is 52.1 Å². The number of rotatable bonds is 5. The Bertz CT molecular complexity index is 1390. The number of hydrogen-bond donors (Lipinski definition) is 2. The van der Waals surface area contributed by atoms with Gasteiger partial charge in [-0.2, -0.15) is 0 Å². The predicted molar refractivity (Wildman–Crippen MR) is 118 cm³/mol. The summed E-state index contributed by atoms with van der Waals surface area (Å²) in [6.45, 7) is 0.875. The maximum atomic E-state index is 13.8. The van der Waals surface area contributed by atoms with E-state index in [1.165, 1.54) is 0 Å². The number of likely N-dealkylation sites (N-methyl/N-ethyl adjacent to an activating group) is 1. The lowest BCUT2D eigenvalue weighted by Crippen LogP contribution is -2.27. The molecule has 0 spiro atoms. The van der Waals surface area contributed by atoms with E-state index in [0.29, 0.717) is 62.9 Å². The van der Waals surface area contributed by atoms with Gasteiger partial charge >= 0.3 is 0 Å². The Morgan fingerprint density at radius 3 is 2.42 bits per heavy atom. The van der Waals surface area contributed by atoms with Crippen LogP contribution < -0.4 is 15.0 Å². The van der Waals surface area contributed by atoms with Crippen molar-refractivity contribution in [2.75, 3.05) is 27.4 Å². The highest BCUT2D eigenvalue weighted by Crippen LogP contribution is 2.38. The highest BCUT2D eigenvalue weighted by molar-refractivity contribution is 6.15. The van der Waals surface area contributed by atoms with E-state index in [1.807, 2.05) is 31.1 Å². The molecule has 0 unspecified atom stereocenters. The number of aromatic nitrogens is 2. The van der Waals surface area contributed by atoms with Crippen LogP contribution >= 0.6 is 0 Å². The minimum absolute atomic E-state index is 0.128. The molecule has 4 aromatic rings. The summed E-state index contributed by atoms with van der Waals surface area (Å²) in [6, 6.07) is 7.24. The molecule has 8 nitrogen and oxygen atoms in total. The molecule has 3 heterocycles. The standard InChI is InChI=1S/C23H23N3O5/c1-25(2)3-4-26-19-6-14(11-28)13(10-27)5-15(19)17-9-24-18-8-21-20(30-12-31-21)7-16(18)22(17)23(26)29/h5-9,27-28H,3-4,10-12H2,1-2H3. The first-order chi connectivity index (χ1) is 15.0. The molecule has 1 aliphatic rings. The molecule has 0 fully saturated rings. The van der Waals surface area contributed by atoms with Crippen LogP contribution in [0.25, 0.3) is 32.6 Å². The van der Waals surface area contributed by atoms with Crippen molar-refractivity contribution in [3.63, 3.8) is 0 Å². The van der Waals surface area contributed by atoms with Crippen molar-refractivity contribution in [3.05, 3.63) is 51.9 Å². The van der Waals surface area contributed by atoms with Crippen molar-refractivity contribution in [3.8, 4) is 11.5 Å².